The van der Waals surface area contributed by atoms with E-state index < -0.39 is 5.91 Å². The van der Waals surface area contributed by atoms with E-state index in [0.29, 0.717) is 27.0 Å². The van der Waals surface area contributed by atoms with Gasteiger partial charge in [-0.2, -0.15) is 5.26 Å². The molecule has 3 rings (SSSR count). The summed E-state index contributed by atoms with van der Waals surface area (Å²) in [5, 5.41) is 12.2. The van der Waals surface area contributed by atoms with Gasteiger partial charge in [-0.15, -0.1) is 0 Å². The van der Waals surface area contributed by atoms with Crippen LogP contribution in [0.15, 0.2) is 70.7 Å². The molecule has 0 saturated heterocycles. The predicted octanol–water partition coefficient (Wildman–Crippen LogP) is 6.63. The van der Waals surface area contributed by atoms with E-state index in [1.807, 2.05) is 31.2 Å². The predicted molar refractivity (Wildman–Crippen MR) is 131 cm³/mol. The summed E-state index contributed by atoms with van der Waals surface area (Å²) < 4.78 is 21.0. The van der Waals surface area contributed by atoms with Crippen molar-refractivity contribution in [2.24, 2.45) is 0 Å². The van der Waals surface area contributed by atoms with E-state index in [1.54, 1.807) is 36.4 Å². The Hall–Kier alpha value is -2.70. The molecule has 1 amide bonds. The van der Waals surface area contributed by atoms with Gasteiger partial charge >= 0.3 is 0 Å². The average molecular weight is 591 g/mol. The Morgan fingerprint density at radius 1 is 1.23 bits per heavy atom. The molecule has 0 radical (unpaired) electrons. The zero-order valence-corrected chi connectivity index (χ0v) is 20.2. The van der Waals surface area contributed by atoms with Gasteiger partial charge in [0.15, 0.2) is 0 Å². The lowest BCUT2D eigenvalue weighted by atomic mass is 10.1. The number of carbonyl (C=O) groups is 1. The first-order valence-electron chi connectivity index (χ1n) is 9.22. The molecule has 3 aromatic rings. The second kappa shape index (κ2) is 10.6. The number of nitriles is 1. The van der Waals surface area contributed by atoms with Crippen LogP contribution in [-0.2, 0) is 11.4 Å². The minimum atomic E-state index is -0.487. The number of amides is 1. The summed E-state index contributed by atoms with van der Waals surface area (Å²) in [7, 11) is 0. The molecule has 0 saturated carbocycles. The number of carbonyl (C=O) groups excluding carboxylic acids is 1. The molecule has 0 spiro atoms. The van der Waals surface area contributed by atoms with Crippen molar-refractivity contribution in [1.82, 2.24) is 0 Å². The van der Waals surface area contributed by atoms with E-state index in [0.717, 1.165) is 9.13 Å². The Bertz CT molecular complexity index is 1180. The first-order chi connectivity index (χ1) is 14.9. The van der Waals surface area contributed by atoms with Crippen LogP contribution in [-0.4, -0.2) is 5.91 Å². The summed E-state index contributed by atoms with van der Waals surface area (Å²) in [4.78, 5) is 12.5. The number of anilines is 1. The maximum atomic E-state index is 13.8. The summed E-state index contributed by atoms with van der Waals surface area (Å²) in [5.74, 6) is -0.255. The third kappa shape index (κ3) is 6.15. The number of ether oxygens (including phenoxy) is 1. The highest BCUT2D eigenvalue weighted by Gasteiger charge is 2.13. The first kappa shape index (κ1) is 23.0. The van der Waals surface area contributed by atoms with Gasteiger partial charge in [0.25, 0.3) is 5.91 Å². The van der Waals surface area contributed by atoms with Crippen LogP contribution < -0.4 is 10.1 Å². The van der Waals surface area contributed by atoms with Gasteiger partial charge in [-0.3, -0.25) is 4.79 Å². The minimum absolute atomic E-state index is 0.0239. The number of hydrogen-bond acceptors (Lipinski definition) is 3. The van der Waals surface area contributed by atoms with Crippen molar-refractivity contribution in [3.05, 3.63) is 96.8 Å². The van der Waals surface area contributed by atoms with Gasteiger partial charge in [0.05, 0.1) is 8.04 Å². The van der Waals surface area contributed by atoms with E-state index in [9.17, 15) is 14.4 Å². The van der Waals surface area contributed by atoms with Crippen LogP contribution in [0.1, 0.15) is 16.7 Å². The minimum Gasteiger partial charge on any atom is -0.486 e. The molecule has 4 nitrogen and oxygen atoms in total. The number of halogens is 3. The van der Waals surface area contributed by atoms with Gasteiger partial charge in [0, 0.05) is 11.3 Å². The lowest BCUT2D eigenvalue weighted by Crippen LogP contribution is -2.13. The van der Waals surface area contributed by atoms with Crippen LogP contribution in [0.2, 0.25) is 0 Å². The number of aryl methyl sites for hydroxylation is 1. The molecule has 0 unspecified atom stereocenters. The third-order valence-electron chi connectivity index (χ3n) is 4.30. The molecular weight excluding hydrogens is 574 g/mol. The second-order valence-electron chi connectivity index (χ2n) is 6.69. The van der Waals surface area contributed by atoms with Crippen LogP contribution in [0.25, 0.3) is 6.08 Å². The molecule has 0 aromatic heterocycles. The highest BCUT2D eigenvalue weighted by Crippen LogP contribution is 2.33. The van der Waals surface area contributed by atoms with Gasteiger partial charge in [0.2, 0.25) is 0 Å². The molecule has 1 N–H and O–H groups in total. The van der Waals surface area contributed by atoms with Crippen LogP contribution in [0.4, 0.5) is 10.1 Å². The third-order valence-corrected chi connectivity index (χ3v) is 5.69. The van der Waals surface area contributed by atoms with E-state index in [4.69, 9.17) is 4.74 Å². The van der Waals surface area contributed by atoms with Crippen molar-refractivity contribution in [2.75, 3.05) is 5.32 Å². The summed E-state index contributed by atoms with van der Waals surface area (Å²) >= 11 is 5.56. The highest BCUT2D eigenvalue weighted by atomic mass is 127. The fourth-order valence-corrected chi connectivity index (χ4v) is 4.57. The molecule has 0 aliphatic carbocycles. The standard InChI is InChI=1S/C24H17BrFIN2O2/c1-15-5-4-7-19(9-15)29-24(30)18(13-28)10-16-11-20(25)23(22(27)12-16)31-14-17-6-2-3-8-21(17)26/h2-12H,14H2,1H3,(H,29,30)/b18-10-. The molecule has 7 heteroatoms. The number of hydrogen-bond donors (Lipinski definition) is 1. The summed E-state index contributed by atoms with van der Waals surface area (Å²) in [6.45, 7) is 2.00. The van der Waals surface area contributed by atoms with E-state index >= 15 is 0 Å². The molecular formula is C24H17BrFIN2O2. The van der Waals surface area contributed by atoms with Crippen LogP contribution in [0.3, 0.4) is 0 Å². The highest BCUT2D eigenvalue weighted by molar-refractivity contribution is 14.1. The Kier molecular flexibility index (Phi) is 7.82. The van der Waals surface area contributed by atoms with Crippen molar-refractivity contribution in [3.8, 4) is 11.8 Å². The van der Waals surface area contributed by atoms with Gasteiger partial charge in [-0.1, -0.05) is 30.3 Å². The molecule has 0 bridgehead atoms. The van der Waals surface area contributed by atoms with Crippen molar-refractivity contribution < 1.29 is 13.9 Å². The van der Waals surface area contributed by atoms with Crippen molar-refractivity contribution >= 4 is 56.2 Å². The molecule has 0 heterocycles. The molecule has 31 heavy (non-hydrogen) atoms. The van der Waals surface area contributed by atoms with E-state index in [-0.39, 0.29) is 18.0 Å². The maximum Gasteiger partial charge on any atom is 0.266 e. The zero-order valence-electron chi connectivity index (χ0n) is 16.5. The van der Waals surface area contributed by atoms with E-state index in [1.165, 1.54) is 12.1 Å². The Labute approximate surface area is 202 Å². The monoisotopic (exact) mass is 590 g/mol. The number of rotatable bonds is 6. The topological polar surface area (TPSA) is 62.1 Å². The quantitative estimate of drug-likeness (QED) is 0.199. The van der Waals surface area contributed by atoms with Gasteiger partial charge in [-0.25, -0.2) is 4.39 Å². The van der Waals surface area contributed by atoms with Gasteiger partial charge in [-0.05, 0) is 93.0 Å². The molecule has 0 aliphatic heterocycles. The smallest absolute Gasteiger partial charge is 0.266 e. The van der Waals surface area contributed by atoms with Crippen LogP contribution in [0.5, 0.6) is 5.75 Å². The van der Waals surface area contributed by atoms with Crippen molar-refractivity contribution in [3.63, 3.8) is 0 Å². The summed E-state index contributed by atoms with van der Waals surface area (Å²) in [5.41, 5.74) is 2.71. The SMILES string of the molecule is Cc1cccc(NC(=O)/C(C#N)=C\c2cc(Br)c(OCc3ccccc3F)c(I)c2)c1. The van der Waals surface area contributed by atoms with Crippen LogP contribution in [0, 0.1) is 27.6 Å². The van der Waals surface area contributed by atoms with Gasteiger partial charge in [0.1, 0.15) is 29.8 Å². The maximum absolute atomic E-state index is 13.8. The second-order valence-corrected chi connectivity index (χ2v) is 8.70. The fraction of sp³-hybridized carbons (Fsp3) is 0.0833. The molecule has 0 fully saturated rings. The molecule has 3 aromatic carbocycles. The van der Waals surface area contributed by atoms with Gasteiger partial charge < -0.3 is 10.1 Å². The normalized spacial score (nSPS) is 11.0. The number of nitrogens with zero attached hydrogens (tertiary/aromatic N) is 1. The summed E-state index contributed by atoms with van der Waals surface area (Å²) in [6.07, 6.45) is 1.51. The Morgan fingerprint density at radius 2 is 2.00 bits per heavy atom. The molecule has 0 aliphatic rings. The van der Waals surface area contributed by atoms with Crippen molar-refractivity contribution in [2.45, 2.75) is 13.5 Å². The van der Waals surface area contributed by atoms with E-state index in [2.05, 4.69) is 43.8 Å². The largest absolute Gasteiger partial charge is 0.486 e. The number of nitrogens with one attached hydrogen (secondary N) is 1. The average Bonchev–Trinajstić information content (AvgIpc) is 2.72. The molecule has 156 valence electrons. The Balaban J connectivity index is 1.78. The van der Waals surface area contributed by atoms with Crippen molar-refractivity contribution in [1.29, 1.82) is 5.26 Å². The lowest BCUT2D eigenvalue weighted by molar-refractivity contribution is -0.112. The van der Waals surface area contributed by atoms with Crippen LogP contribution >= 0.6 is 38.5 Å². The summed E-state index contributed by atoms with van der Waals surface area (Å²) in [6, 6.07) is 19.3. The lowest BCUT2D eigenvalue weighted by Gasteiger charge is -2.12. The fourth-order valence-electron chi connectivity index (χ4n) is 2.80. The molecule has 0 atom stereocenters. The zero-order chi connectivity index (χ0) is 22.4. The number of benzene rings is 3. The Morgan fingerprint density at radius 3 is 2.68 bits per heavy atom. The first-order valence-corrected chi connectivity index (χ1v) is 11.1.